The molecule has 6 nitrogen and oxygen atoms in total. The number of hydrogen-bond acceptors (Lipinski definition) is 5. The Kier molecular flexibility index (Phi) is 4.56. The maximum Gasteiger partial charge on any atom is 0.336 e. The van der Waals surface area contributed by atoms with Crippen molar-refractivity contribution in [3.63, 3.8) is 0 Å². The number of carbonyl (C=O) groups is 1. The van der Waals surface area contributed by atoms with Crippen LogP contribution in [0.1, 0.15) is 29.6 Å². The van der Waals surface area contributed by atoms with Crippen LogP contribution in [-0.4, -0.2) is 38.6 Å². The van der Waals surface area contributed by atoms with Gasteiger partial charge in [-0.2, -0.15) is 0 Å². The van der Waals surface area contributed by atoms with Gasteiger partial charge in [-0.05, 0) is 31.9 Å². The fraction of sp³-hybridized carbons (Fsp3) is 0.545. The van der Waals surface area contributed by atoms with Crippen LogP contribution in [0.4, 0.5) is 0 Å². The van der Waals surface area contributed by atoms with E-state index in [9.17, 15) is 13.2 Å². The average Bonchev–Trinajstić information content (AvgIpc) is 3.01. The van der Waals surface area contributed by atoms with Gasteiger partial charge < -0.3 is 10.4 Å². The molecule has 1 fully saturated rings. The average molecular weight is 304 g/mol. The lowest BCUT2D eigenvalue weighted by Crippen LogP contribution is -2.27. The van der Waals surface area contributed by atoms with E-state index in [1.54, 1.807) is 0 Å². The number of sulfonamides is 1. The van der Waals surface area contributed by atoms with E-state index < -0.39 is 16.0 Å². The minimum absolute atomic E-state index is 0.000718. The Bertz CT molecular complexity index is 549. The number of rotatable bonds is 8. The fourth-order valence-electron chi connectivity index (χ4n) is 1.53. The number of aromatic carboxylic acids is 1. The van der Waals surface area contributed by atoms with Crippen molar-refractivity contribution >= 4 is 27.3 Å². The summed E-state index contributed by atoms with van der Waals surface area (Å²) in [6.07, 6.45) is 3.13. The van der Waals surface area contributed by atoms with Gasteiger partial charge in [0.1, 0.15) is 4.21 Å². The second kappa shape index (κ2) is 6.00. The van der Waals surface area contributed by atoms with Crippen LogP contribution in [-0.2, 0) is 10.0 Å². The highest BCUT2D eigenvalue weighted by atomic mass is 32.2. The van der Waals surface area contributed by atoms with Gasteiger partial charge in [0.25, 0.3) is 0 Å². The van der Waals surface area contributed by atoms with E-state index >= 15 is 0 Å². The van der Waals surface area contributed by atoms with E-state index in [0.29, 0.717) is 19.0 Å². The first-order valence-corrected chi connectivity index (χ1v) is 8.40. The third-order valence-corrected chi connectivity index (χ3v) is 5.64. The SMILES string of the molecule is O=C(O)c1csc(S(=O)(=O)NCCCNC2CC2)c1. The van der Waals surface area contributed by atoms with E-state index in [-0.39, 0.29) is 9.77 Å². The summed E-state index contributed by atoms with van der Waals surface area (Å²) >= 11 is 0.917. The molecular formula is C11H16N2O4S2. The summed E-state index contributed by atoms with van der Waals surface area (Å²) in [5, 5.41) is 13.4. The maximum absolute atomic E-state index is 11.9. The van der Waals surface area contributed by atoms with Gasteiger partial charge in [0, 0.05) is 18.0 Å². The highest BCUT2D eigenvalue weighted by molar-refractivity contribution is 7.91. The lowest BCUT2D eigenvalue weighted by Gasteiger charge is -2.05. The molecule has 1 aromatic heterocycles. The Labute approximate surface area is 115 Å². The molecule has 1 aliphatic carbocycles. The minimum Gasteiger partial charge on any atom is -0.478 e. The van der Waals surface area contributed by atoms with Crippen molar-refractivity contribution in [1.82, 2.24) is 10.0 Å². The molecule has 0 aliphatic heterocycles. The van der Waals surface area contributed by atoms with Crippen LogP contribution < -0.4 is 10.0 Å². The molecule has 3 N–H and O–H groups in total. The van der Waals surface area contributed by atoms with Crippen molar-refractivity contribution in [3.05, 3.63) is 17.0 Å². The summed E-state index contributed by atoms with van der Waals surface area (Å²) in [6, 6.07) is 1.80. The summed E-state index contributed by atoms with van der Waals surface area (Å²) in [4.78, 5) is 10.7. The Morgan fingerprint density at radius 1 is 1.42 bits per heavy atom. The van der Waals surface area contributed by atoms with E-state index in [0.717, 1.165) is 17.9 Å². The van der Waals surface area contributed by atoms with E-state index in [4.69, 9.17) is 5.11 Å². The maximum atomic E-state index is 11.9. The third kappa shape index (κ3) is 4.27. The number of carboxylic acid groups (broad SMARTS) is 1. The Morgan fingerprint density at radius 2 is 2.16 bits per heavy atom. The van der Waals surface area contributed by atoms with Crippen LogP contribution in [0.2, 0.25) is 0 Å². The molecule has 1 aliphatic rings. The zero-order chi connectivity index (χ0) is 13.9. The quantitative estimate of drug-likeness (QED) is 0.619. The zero-order valence-electron chi connectivity index (χ0n) is 10.3. The third-order valence-electron chi connectivity index (χ3n) is 2.74. The van der Waals surface area contributed by atoms with E-state index in [1.807, 2.05) is 0 Å². The Morgan fingerprint density at radius 3 is 2.74 bits per heavy atom. The van der Waals surface area contributed by atoms with Gasteiger partial charge in [0.15, 0.2) is 0 Å². The first-order valence-electron chi connectivity index (χ1n) is 6.04. The monoisotopic (exact) mass is 304 g/mol. The smallest absolute Gasteiger partial charge is 0.336 e. The topological polar surface area (TPSA) is 95.5 Å². The molecule has 0 bridgehead atoms. The largest absolute Gasteiger partial charge is 0.478 e. The minimum atomic E-state index is -3.58. The molecular weight excluding hydrogens is 288 g/mol. The molecule has 1 heterocycles. The van der Waals surface area contributed by atoms with Crippen molar-refractivity contribution in [2.45, 2.75) is 29.5 Å². The van der Waals surface area contributed by atoms with Crippen LogP contribution >= 0.6 is 11.3 Å². The summed E-state index contributed by atoms with van der Waals surface area (Å²) in [7, 11) is -3.58. The van der Waals surface area contributed by atoms with Crippen molar-refractivity contribution in [3.8, 4) is 0 Å². The van der Waals surface area contributed by atoms with Crippen LogP contribution in [0.15, 0.2) is 15.7 Å². The van der Waals surface area contributed by atoms with Crippen molar-refractivity contribution in [2.24, 2.45) is 0 Å². The molecule has 0 aromatic carbocycles. The molecule has 0 amide bonds. The van der Waals surface area contributed by atoms with Crippen LogP contribution in [0.5, 0.6) is 0 Å². The normalized spacial score (nSPS) is 15.6. The predicted molar refractivity (Wildman–Crippen MR) is 72.1 cm³/mol. The van der Waals surface area contributed by atoms with Gasteiger partial charge in [0.05, 0.1) is 5.56 Å². The van der Waals surface area contributed by atoms with Crippen molar-refractivity contribution in [2.75, 3.05) is 13.1 Å². The van der Waals surface area contributed by atoms with Gasteiger partial charge in [-0.15, -0.1) is 11.3 Å². The lowest BCUT2D eigenvalue weighted by atomic mass is 10.4. The predicted octanol–water partition coefficient (Wildman–Crippen LogP) is 0.867. The van der Waals surface area contributed by atoms with E-state index in [2.05, 4.69) is 10.0 Å². The molecule has 8 heteroatoms. The molecule has 0 atom stereocenters. The van der Waals surface area contributed by atoms with Gasteiger partial charge in [-0.1, -0.05) is 0 Å². The molecule has 0 saturated heterocycles. The first kappa shape index (κ1) is 14.4. The number of carboxylic acids is 1. The zero-order valence-corrected chi connectivity index (χ0v) is 11.9. The molecule has 1 aromatic rings. The Hall–Kier alpha value is -0.960. The first-order chi connectivity index (χ1) is 8.99. The van der Waals surface area contributed by atoms with Crippen LogP contribution in [0.3, 0.4) is 0 Å². The van der Waals surface area contributed by atoms with Crippen LogP contribution in [0, 0.1) is 0 Å². The summed E-state index contributed by atoms with van der Waals surface area (Å²) in [5.41, 5.74) is 0.000718. The fourth-order valence-corrected chi connectivity index (χ4v) is 3.80. The Balaban J connectivity index is 1.80. The second-order valence-corrected chi connectivity index (χ2v) is 7.34. The number of hydrogen-bond donors (Lipinski definition) is 3. The van der Waals surface area contributed by atoms with Crippen LogP contribution in [0.25, 0.3) is 0 Å². The van der Waals surface area contributed by atoms with Gasteiger partial charge in [-0.25, -0.2) is 17.9 Å². The molecule has 19 heavy (non-hydrogen) atoms. The number of nitrogens with one attached hydrogen (secondary N) is 2. The van der Waals surface area contributed by atoms with Crippen molar-refractivity contribution < 1.29 is 18.3 Å². The standard InChI is InChI=1S/C11H16N2O4S2/c14-11(15)8-6-10(18-7-8)19(16,17)13-5-1-4-12-9-2-3-9/h6-7,9,12-13H,1-5H2,(H,14,15). The highest BCUT2D eigenvalue weighted by Gasteiger charge is 2.20. The van der Waals surface area contributed by atoms with Crippen molar-refractivity contribution in [1.29, 1.82) is 0 Å². The molecule has 2 rings (SSSR count). The number of thiophene rings is 1. The summed E-state index contributed by atoms with van der Waals surface area (Å²) in [6.45, 7) is 1.14. The second-order valence-electron chi connectivity index (χ2n) is 4.44. The summed E-state index contributed by atoms with van der Waals surface area (Å²) < 4.78 is 26.2. The molecule has 0 radical (unpaired) electrons. The lowest BCUT2D eigenvalue weighted by molar-refractivity contribution is 0.0697. The molecule has 1 saturated carbocycles. The highest BCUT2D eigenvalue weighted by Crippen LogP contribution is 2.20. The summed E-state index contributed by atoms with van der Waals surface area (Å²) in [5.74, 6) is -1.12. The molecule has 106 valence electrons. The van der Waals surface area contributed by atoms with Gasteiger partial charge in [-0.3, -0.25) is 0 Å². The molecule has 0 unspecified atom stereocenters. The van der Waals surface area contributed by atoms with Gasteiger partial charge >= 0.3 is 5.97 Å². The van der Waals surface area contributed by atoms with E-state index in [1.165, 1.54) is 24.3 Å². The van der Waals surface area contributed by atoms with Gasteiger partial charge in [0.2, 0.25) is 10.0 Å². The molecule has 0 spiro atoms.